The summed E-state index contributed by atoms with van der Waals surface area (Å²) in [6.45, 7) is 10.1. The molecular weight excluding hydrogens is 275 g/mol. The number of Topliss-reactive ketones (excluding diaryl/α,β-unsaturated/α-hetero) is 1. The zero-order chi connectivity index (χ0) is 15.0. The number of ketones is 1. The number of carbonyl (C=O) groups is 1. The van der Waals surface area contributed by atoms with Crippen LogP contribution in [0.5, 0.6) is 0 Å². The van der Waals surface area contributed by atoms with Gasteiger partial charge in [-0.05, 0) is 18.3 Å². The highest BCUT2D eigenvalue weighted by atomic mass is 31.0. The van der Waals surface area contributed by atoms with Crippen LogP contribution in [0.3, 0.4) is 0 Å². The molecule has 1 heterocycles. The summed E-state index contributed by atoms with van der Waals surface area (Å²) in [6.07, 6.45) is 2.31. The Morgan fingerprint density at radius 2 is 1.85 bits per heavy atom. The molecule has 2 rings (SSSR count). The summed E-state index contributed by atoms with van der Waals surface area (Å²) >= 11 is 0. The van der Waals surface area contributed by atoms with E-state index in [1.54, 1.807) is 0 Å². The average molecular weight is 302 g/mol. The smallest absolute Gasteiger partial charge is 0.195 e. The third kappa shape index (κ3) is 3.24. The van der Waals surface area contributed by atoms with Gasteiger partial charge in [0.1, 0.15) is 12.4 Å². The van der Waals surface area contributed by atoms with E-state index in [-0.39, 0.29) is 16.7 Å². The molecule has 2 unspecified atom stereocenters. The third-order valence-corrected chi connectivity index (χ3v) is 4.76. The van der Waals surface area contributed by atoms with E-state index in [4.69, 9.17) is 14.0 Å². The van der Waals surface area contributed by atoms with Gasteiger partial charge in [0.05, 0.1) is 13.2 Å². The van der Waals surface area contributed by atoms with E-state index >= 15 is 0 Å². The van der Waals surface area contributed by atoms with Crippen LogP contribution in [0.2, 0.25) is 0 Å². The van der Waals surface area contributed by atoms with Crippen molar-refractivity contribution in [3.05, 3.63) is 0 Å². The third-order valence-electron chi connectivity index (χ3n) is 4.59. The molecule has 0 amide bonds. The predicted octanol–water partition coefficient (Wildman–Crippen LogP) is 2.96. The van der Waals surface area contributed by atoms with Crippen LogP contribution in [0.4, 0.5) is 0 Å². The Kier molecular flexibility index (Phi) is 4.61. The van der Waals surface area contributed by atoms with Crippen LogP contribution in [0.25, 0.3) is 0 Å². The van der Waals surface area contributed by atoms with Crippen molar-refractivity contribution >= 4 is 15.2 Å². The van der Waals surface area contributed by atoms with Crippen LogP contribution >= 0.6 is 9.47 Å². The monoisotopic (exact) mass is 302 g/mol. The van der Waals surface area contributed by atoms with Crippen LogP contribution in [-0.2, 0) is 18.8 Å². The summed E-state index contributed by atoms with van der Waals surface area (Å²) in [5.41, 5.74) is -0.191. The van der Waals surface area contributed by atoms with Gasteiger partial charge in [0.15, 0.2) is 5.79 Å². The summed E-state index contributed by atoms with van der Waals surface area (Å²) in [7, 11) is 2.25. The molecule has 0 aromatic carbocycles. The minimum absolute atomic E-state index is 0.0508. The van der Waals surface area contributed by atoms with Crippen molar-refractivity contribution in [3.8, 4) is 0 Å². The van der Waals surface area contributed by atoms with E-state index in [0.29, 0.717) is 32.0 Å². The first-order valence-electron chi connectivity index (χ1n) is 7.34. The topological polar surface area (TPSA) is 44.8 Å². The van der Waals surface area contributed by atoms with Crippen molar-refractivity contribution < 1.29 is 18.8 Å². The van der Waals surface area contributed by atoms with Crippen LogP contribution in [0.15, 0.2) is 0 Å². The summed E-state index contributed by atoms with van der Waals surface area (Å²) in [4.78, 5) is 12.6. The molecule has 2 fully saturated rings. The molecule has 116 valence electrons. The molecule has 1 aliphatic heterocycles. The lowest BCUT2D eigenvalue weighted by Gasteiger charge is -2.37. The first-order valence-corrected chi connectivity index (χ1v) is 7.81. The molecule has 0 aromatic rings. The number of hydrogen-bond donors (Lipinski definition) is 0. The van der Waals surface area contributed by atoms with Gasteiger partial charge >= 0.3 is 0 Å². The van der Waals surface area contributed by atoms with Gasteiger partial charge < -0.3 is 14.0 Å². The van der Waals surface area contributed by atoms with Gasteiger partial charge in [-0.1, -0.05) is 27.7 Å². The second-order valence-corrected chi connectivity index (χ2v) is 7.91. The maximum absolute atomic E-state index is 12.6. The van der Waals surface area contributed by atoms with Gasteiger partial charge in [0.2, 0.25) is 0 Å². The number of carbonyl (C=O) groups excluding carboxylic acids is 1. The highest BCUT2D eigenvalue weighted by Crippen LogP contribution is 2.48. The van der Waals surface area contributed by atoms with E-state index in [0.717, 1.165) is 12.8 Å². The van der Waals surface area contributed by atoms with E-state index in [9.17, 15) is 4.79 Å². The maximum Gasteiger partial charge on any atom is 0.195 e. The fourth-order valence-electron chi connectivity index (χ4n) is 3.94. The lowest BCUT2D eigenvalue weighted by atomic mass is 9.73. The fourth-order valence-corrected chi connectivity index (χ4v) is 4.17. The van der Waals surface area contributed by atoms with Crippen LogP contribution < -0.4 is 0 Å². The molecule has 0 N–H and O–H groups in total. The van der Waals surface area contributed by atoms with Gasteiger partial charge in [-0.2, -0.15) is 0 Å². The highest BCUT2D eigenvalue weighted by Gasteiger charge is 2.51. The second kappa shape index (κ2) is 5.64. The number of ether oxygens (including phenoxy) is 2. The van der Waals surface area contributed by atoms with E-state index in [1.807, 2.05) is 0 Å². The van der Waals surface area contributed by atoms with Crippen LogP contribution in [0, 0.1) is 16.7 Å². The molecule has 20 heavy (non-hydrogen) atoms. The van der Waals surface area contributed by atoms with Gasteiger partial charge in [-0.3, -0.25) is 4.79 Å². The zero-order valence-electron chi connectivity index (χ0n) is 13.0. The van der Waals surface area contributed by atoms with Gasteiger partial charge in [0.25, 0.3) is 0 Å². The molecule has 0 aromatic heterocycles. The first kappa shape index (κ1) is 16.4. The SMILES string of the molecule is CC1(C)CC(C2(COP)OCCO2)CC(=O)C(C)(C)C1. The fraction of sp³-hybridized carbons (Fsp3) is 0.933. The van der Waals surface area contributed by atoms with Gasteiger partial charge in [0, 0.05) is 27.2 Å². The largest absolute Gasteiger partial charge is 0.360 e. The molecule has 0 bridgehead atoms. The van der Waals surface area contributed by atoms with Crippen LogP contribution in [0.1, 0.15) is 47.0 Å². The molecule has 5 heteroatoms. The summed E-state index contributed by atoms with van der Waals surface area (Å²) in [5, 5.41) is 0. The second-order valence-electron chi connectivity index (χ2n) is 7.57. The van der Waals surface area contributed by atoms with Crippen molar-refractivity contribution in [3.63, 3.8) is 0 Å². The zero-order valence-corrected chi connectivity index (χ0v) is 14.2. The quantitative estimate of drug-likeness (QED) is 0.594. The molecule has 0 radical (unpaired) electrons. The lowest BCUT2D eigenvalue weighted by molar-refractivity contribution is -0.217. The van der Waals surface area contributed by atoms with Crippen molar-refractivity contribution in [2.24, 2.45) is 16.7 Å². The standard InChI is InChI=1S/C15H27O4P/c1-13(2)8-11(7-12(16)14(3,4)9-13)15(10-19-20)17-5-6-18-15/h11H,5-10,20H2,1-4H3. The molecule has 1 saturated carbocycles. The minimum Gasteiger partial charge on any atom is -0.360 e. The average Bonchev–Trinajstić information content (AvgIpc) is 2.73. The summed E-state index contributed by atoms with van der Waals surface area (Å²) in [5.74, 6) is -0.403. The Hall–Kier alpha value is -0.0200. The van der Waals surface area contributed by atoms with Crippen LogP contribution in [-0.4, -0.2) is 31.4 Å². The summed E-state index contributed by atoms with van der Waals surface area (Å²) < 4.78 is 17.0. The molecule has 1 saturated heterocycles. The van der Waals surface area contributed by atoms with Crippen molar-refractivity contribution in [1.82, 2.24) is 0 Å². The molecule has 1 aliphatic carbocycles. The molecule has 0 spiro atoms. The Labute approximate surface area is 124 Å². The summed E-state index contributed by atoms with van der Waals surface area (Å²) in [6, 6.07) is 0. The number of hydrogen-bond acceptors (Lipinski definition) is 4. The highest BCUT2D eigenvalue weighted by molar-refractivity contribution is 7.09. The molecule has 4 nitrogen and oxygen atoms in total. The normalized spacial score (nSPS) is 32.0. The Morgan fingerprint density at radius 3 is 2.40 bits per heavy atom. The Morgan fingerprint density at radius 1 is 1.25 bits per heavy atom. The maximum atomic E-state index is 12.6. The van der Waals surface area contributed by atoms with E-state index in [1.165, 1.54) is 0 Å². The minimum atomic E-state index is -0.755. The van der Waals surface area contributed by atoms with Gasteiger partial charge in [-0.25, -0.2) is 0 Å². The van der Waals surface area contributed by atoms with Gasteiger partial charge in [-0.15, -0.1) is 0 Å². The first-order chi connectivity index (χ1) is 9.21. The van der Waals surface area contributed by atoms with Crippen molar-refractivity contribution in [2.75, 3.05) is 19.8 Å². The van der Waals surface area contributed by atoms with E-state index < -0.39 is 5.79 Å². The predicted molar refractivity (Wildman–Crippen MR) is 80.2 cm³/mol. The van der Waals surface area contributed by atoms with Crippen molar-refractivity contribution in [1.29, 1.82) is 0 Å². The van der Waals surface area contributed by atoms with E-state index in [2.05, 4.69) is 37.2 Å². The Bertz CT molecular complexity index is 372. The molecule has 2 atom stereocenters. The van der Waals surface area contributed by atoms with Crippen molar-refractivity contribution in [2.45, 2.75) is 52.7 Å². The Balaban J connectivity index is 2.28. The molecule has 2 aliphatic rings. The number of rotatable bonds is 3. The molecular formula is C15H27O4P. The lowest BCUT2D eigenvalue weighted by Crippen LogP contribution is -2.45.